The van der Waals surface area contributed by atoms with Crippen molar-refractivity contribution in [2.45, 2.75) is 13.3 Å². The van der Waals surface area contributed by atoms with E-state index in [9.17, 15) is 0 Å². The Morgan fingerprint density at radius 3 is 3.08 bits per heavy atom. The maximum absolute atomic E-state index is 7.09. The third-order valence-corrected chi connectivity index (χ3v) is 1.63. The van der Waals surface area contributed by atoms with Crippen LogP contribution < -0.4 is 0 Å². The lowest BCUT2D eigenvalue weighted by Crippen LogP contribution is -1.81. The van der Waals surface area contributed by atoms with Crippen molar-refractivity contribution in [3.05, 3.63) is 23.5 Å². The molecule has 1 N–H and O–H groups in total. The molecule has 0 unspecified atom stereocenters. The first-order valence-corrected chi connectivity index (χ1v) is 4.14. The lowest BCUT2D eigenvalue weighted by atomic mass is 10.2. The monoisotopic (exact) mass is 181 g/mol. The van der Waals surface area contributed by atoms with Crippen LogP contribution in [0.1, 0.15) is 24.6 Å². The number of allylic oxidation sites excluding steroid dienone is 1. The summed E-state index contributed by atoms with van der Waals surface area (Å²) in [5, 5.41) is 11.1. The second-order valence-corrected chi connectivity index (χ2v) is 2.75. The van der Waals surface area contributed by atoms with Gasteiger partial charge in [0.1, 0.15) is 0 Å². The van der Waals surface area contributed by atoms with Gasteiger partial charge < -0.3 is 5.41 Å². The lowest BCUT2D eigenvalue weighted by molar-refractivity contribution is 1.01. The largest absolute Gasteiger partial charge is 0.308 e. The van der Waals surface area contributed by atoms with E-state index in [-0.39, 0.29) is 0 Å². The van der Waals surface area contributed by atoms with E-state index in [2.05, 4.69) is 24.8 Å². The Balaban J connectivity index is 2.96. The van der Waals surface area contributed by atoms with Crippen LogP contribution in [0.15, 0.2) is 12.3 Å². The highest BCUT2D eigenvalue weighted by molar-refractivity contribution is 7.78. The molecule has 4 heteroatoms. The van der Waals surface area contributed by atoms with Crippen LogP contribution in [0.2, 0.25) is 0 Å². The van der Waals surface area contributed by atoms with E-state index in [0.29, 0.717) is 0 Å². The Hall–Kier alpha value is -1.03. The van der Waals surface area contributed by atoms with Gasteiger partial charge in [-0.15, -0.1) is 0 Å². The molecule has 0 aliphatic heterocycles. The van der Waals surface area contributed by atoms with Crippen LogP contribution in [0.3, 0.4) is 0 Å². The smallest absolute Gasteiger partial charge is 0.0945 e. The summed E-state index contributed by atoms with van der Waals surface area (Å²) >= 11 is 4.02. The maximum atomic E-state index is 7.09. The molecule has 12 heavy (non-hydrogen) atoms. The maximum Gasteiger partial charge on any atom is 0.0945 e. The van der Waals surface area contributed by atoms with Crippen LogP contribution in [0.4, 0.5) is 0 Å². The zero-order chi connectivity index (χ0) is 8.97. The summed E-state index contributed by atoms with van der Waals surface area (Å²) in [7, 11) is 0. The Kier molecular flexibility index (Phi) is 3.10. The number of nitrogens with one attached hydrogen (secondary N) is 1. The van der Waals surface area contributed by atoms with E-state index in [0.717, 1.165) is 17.7 Å². The molecule has 0 spiro atoms. The van der Waals surface area contributed by atoms with Crippen LogP contribution in [-0.4, -0.2) is 15.4 Å². The van der Waals surface area contributed by atoms with Crippen molar-refractivity contribution in [3.63, 3.8) is 0 Å². The standard InChI is InChI=1S/C8H11N3S/c1-2-3-4-8-7(5-9)6-11(12)10-8/h3-6,9,12H,2H2,1H3/b4-3-,9-5?. The Bertz CT molecular complexity index is 301. The molecule has 64 valence electrons. The number of aromatic nitrogens is 2. The predicted octanol–water partition coefficient (Wildman–Crippen LogP) is 2.00. The van der Waals surface area contributed by atoms with Crippen LogP contribution >= 0.6 is 12.8 Å². The second-order valence-electron chi connectivity index (χ2n) is 2.35. The number of hydrogen-bond acceptors (Lipinski definition) is 3. The van der Waals surface area contributed by atoms with E-state index in [1.807, 2.05) is 12.2 Å². The van der Waals surface area contributed by atoms with Gasteiger partial charge in [-0.05, 0) is 25.3 Å². The number of thiol groups is 1. The Labute approximate surface area is 77.1 Å². The minimum atomic E-state index is 0.787. The highest BCUT2D eigenvalue weighted by Crippen LogP contribution is 2.07. The van der Waals surface area contributed by atoms with Crippen molar-refractivity contribution in [1.82, 2.24) is 9.19 Å². The van der Waals surface area contributed by atoms with Crippen LogP contribution in [-0.2, 0) is 0 Å². The molecular formula is C8H11N3S. The molecule has 0 fully saturated rings. The summed E-state index contributed by atoms with van der Waals surface area (Å²) < 4.78 is 1.41. The van der Waals surface area contributed by atoms with Crippen molar-refractivity contribution in [2.75, 3.05) is 0 Å². The van der Waals surface area contributed by atoms with Crippen LogP contribution in [0.5, 0.6) is 0 Å². The summed E-state index contributed by atoms with van der Waals surface area (Å²) in [5.41, 5.74) is 1.58. The second kappa shape index (κ2) is 4.11. The zero-order valence-corrected chi connectivity index (χ0v) is 7.75. The molecule has 0 bridgehead atoms. The fourth-order valence-electron chi connectivity index (χ4n) is 0.858. The Morgan fingerprint density at radius 2 is 2.50 bits per heavy atom. The SMILES string of the molecule is CC/C=C\c1nn(S)cc1C=N. The highest BCUT2D eigenvalue weighted by Gasteiger charge is 2.00. The van der Waals surface area contributed by atoms with Crippen molar-refractivity contribution in [1.29, 1.82) is 5.41 Å². The molecule has 1 rings (SSSR count). The van der Waals surface area contributed by atoms with Crippen molar-refractivity contribution < 1.29 is 0 Å². The van der Waals surface area contributed by atoms with Crippen LogP contribution in [0, 0.1) is 5.41 Å². The van der Waals surface area contributed by atoms with Gasteiger partial charge in [-0.3, -0.25) is 0 Å². The molecule has 0 aromatic carbocycles. The van der Waals surface area contributed by atoms with Gasteiger partial charge in [0.05, 0.1) is 5.69 Å². The van der Waals surface area contributed by atoms with Crippen molar-refractivity contribution >= 4 is 25.1 Å². The van der Waals surface area contributed by atoms with Gasteiger partial charge in [0.25, 0.3) is 0 Å². The number of nitrogens with zero attached hydrogens (tertiary/aromatic N) is 2. The molecular weight excluding hydrogens is 170 g/mol. The first-order chi connectivity index (χ1) is 5.77. The molecule has 0 amide bonds. The van der Waals surface area contributed by atoms with Gasteiger partial charge in [0.2, 0.25) is 0 Å². The first kappa shape index (κ1) is 9.06. The van der Waals surface area contributed by atoms with E-state index < -0.39 is 0 Å². The first-order valence-electron chi connectivity index (χ1n) is 3.74. The molecule has 0 aliphatic carbocycles. The van der Waals surface area contributed by atoms with Gasteiger partial charge in [0.15, 0.2) is 0 Å². The molecule has 1 aromatic heterocycles. The van der Waals surface area contributed by atoms with Crippen LogP contribution in [0.25, 0.3) is 6.08 Å². The third-order valence-electron chi connectivity index (χ3n) is 1.43. The van der Waals surface area contributed by atoms with E-state index in [4.69, 9.17) is 5.41 Å². The molecule has 0 aliphatic rings. The average Bonchev–Trinajstić information content (AvgIpc) is 2.42. The summed E-state index contributed by atoms with van der Waals surface area (Å²) in [6.07, 6.45) is 7.84. The number of rotatable bonds is 3. The quantitative estimate of drug-likeness (QED) is 0.543. The van der Waals surface area contributed by atoms with Gasteiger partial charge in [-0.2, -0.15) is 5.10 Å². The molecule has 0 radical (unpaired) electrons. The van der Waals surface area contributed by atoms with Gasteiger partial charge in [-0.1, -0.05) is 13.0 Å². The van der Waals surface area contributed by atoms with Crippen molar-refractivity contribution in [3.8, 4) is 0 Å². The fraction of sp³-hybridized carbons (Fsp3) is 0.250. The molecule has 0 atom stereocenters. The molecule has 0 saturated heterocycles. The van der Waals surface area contributed by atoms with Gasteiger partial charge in [0, 0.05) is 18.0 Å². The van der Waals surface area contributed by atoms with E-state index >= 15 is 0 Å². The van der Waals surface area contributed by atoms with Gasteiger partial charge in [-0.25, -0.2) is 4.09 Å². The average molecular weight is 181 g/mol. The van der Waals surface area contributed by atoms with Gasteiger partial charge >= 0.3 is 0 Å². The summed E-state index contributed by atoms with van der Waals surface area (Å²) in [4.78, 5) is 0. The molecule has 3 nitrogen and oxygen atoms in total. The van der Waals surface area contributed by atoms with Crippen molar-refractivity contribution in [2.24, 2.45) is 0 Å². The number of hydrogen-bond donors (Lipinski definition) is 2. The minimum Gasteiger partial charge on any atom is -0.308 e. The summed E-state index contributed by atoms with van der Waals surface area (Å²) in [5.74, 6) is 0. The predicted molar refractivity (Wildman–Crippen MR) is 53.8 cm³/mol. The topological polar surface area (TPSA) is 41.7 Å². The molecule has 0 saturated carbocycles. The summed E-state index contributed by atoms with van der Waals surface area (Å²) in [6, 6.07) is 0. The fourth-order valence-corrected chi connectivity index (χ4v) is 1.08. The van der Waals surface area contributed by atoms with E-state index in [1.165, 1.54) is 10.3 Å². The lowest BCUT2D eigenvalue weighted by Gasteiger charge is -1.85. The molecule has 1 aromatic rings. The zero-order valence-electron chi connectivity index (χ0n) is 6.86. The third kappa shape index (κ3) is 1.98. The minimum absolute atomic E-state index is 0.787. The molecule has 1 heterocycles. The highest BCUT2D eigenvalue weighted by atomic mass is 32.1. The summed E-state index contributed by atoms with van der Waals surface area (Å²) in [6.45, 7) is 2.05. The normalized spacial score (nSPS) is 10.8. The Morgan fingerprint density at radius 1 is 1.75 bits per heavy atom. The van der Waals surface area contributed by atoms with E-state index in [1.54, 1.807) is 6.20 Å².